The van der Waals surface area contributed by atoms with Gasteiger partial charge in [0.15, 0.2) is 0 Å². The van der Waals surface area contributed by atoms with Crippen LogP contribution in [0.25, 0.3) is 0 Å². The maximum atomic E-state index is 12.4. The van der Waals surface area contributed by atoms with E-state index >= 15 is 0 Å². The Morgan fingerprint density at radius 2 is 2.11 bits per heavy atom. The first-order valence-corrected chi connectivity index (χ1v) is 6.85. The van der Waals surface area contributed by atoms with Gasteiger partial charge in [-0.05, 0) is 24.6 Å². The zero-order valence-electron chi connectivity index (χ0n) is 10.2. The number of rotatable bonds is 4. The van der Waals surface area contributed by atoms with Crippen molar-refractivity contribution < 1.29 is 4.79 Å². The van der Waals surface area contributed by atoms with Gasteiger partial charge in [0, 0.05) is 25.2 Å². The van der Waals surface area contributed by atoms with E-state index in [9.17, 15) is 4.79 Å². The first-order chi connectivity index (χ1) is 8.63. The predicted molar refractivity (Wildman–Crippen MR) is 74.4 cm³/mol. The van der Waals surface area contributed by atoms with E-state index < -0.39 is 0 Å². The predicted octanol–water partition coefficient (Wildman–Crippen LogP) is 2.82. The second-order valence-electron chi connectivity index (χ2n) is 4.44. The summed E-state index contributed by atoms with van der Waals surface area (Å²) in [6, 6.07) is 5.33. The summed E-state index contributed by atoms with van der Waals surface area (Å²) in [5.41, 5.74) is 0.602. The molecule has 2 rings (SSSR count). The second-order valence-corrected chi connectivity index (χ2v) is 5.25. The molecule has 0 aliphatic carbocycles. The van der Waals surface area contributed by atoms with Gasteiger partial charge in [0.1, 0.15) is 0 Å². The summed E-state index contributed by atoms with van der Waals surface area (Å²) in [7, 11) is 0. The van der Waals surface area contributed by atoms with Gasteiger partial charge in [-0.2, -0.15) is 0 Å². The van der Waals surface area contributed by atoms with Crippen LogP contribution < -0.4 is 5.32 Å². The highest BCUT2D eigenvalue weighted by Gasteiger charge is 2.28. The lowest BCUT2D eigenvalue weighted by atomic mass is 10.1. The van der Waals surface area contributed by atoms with E-state index in [2.05, 4.69) is 12.2 Å². The van der Waals surface area contributed by atoms with Crippen LogP contribution in [0.5, 0.6) is 0 Å². The number of hydrogen-bond acceptors (Lipinski definition) is 2. The monoisotopic (exact) mass is 286 g/mol. The number of nitrogens with one attached hydrogen (secondary N) is 1. The van der Waals surface area contributed by atoms with Gasteiger partial charge in [0.2, 0.25) is 0 Å². The molecule has 98 valence electrons. The molecular weight excluding hydrogens is 271 g/mol. The molecule has 1 aliphatic heterocycles. The van der Waals surface area contributed by atoms with Crippen LogP contribution in [0, 0.1) is 0 Å². The van der Waals surface area contributed by atoms with E-state index in [1.165, 1.54) is 0 Å². The van der Waals surface area contributed by atoms with E-state index in [4.69, 9.17) is 23.2 Å². The number of halogens is 2. The van der Waals surface area contributed by atoms with Gasteiger partial charge in [-0.1, -0.05) is 30.1 Å². The molecule has 0 spiro atoms. The van der Waals surface area contributed by atoms with Crippen LogP contribution in [-0.4, -0.2) is 36.5 Å². The van der Waals surface area contributed by atoms with Crippen molar-refractivity contribution in [3.05, 3.63) is 33.8 Å². The molecule has 1 fully saturated rings. The average molecular weight is 287 g/mol. The minimum atomic E-state index is 0.0296. The van der Waals surface area contributed by atoms with Crippen LogP contribution in [0.4, 0.5) is 0 Å². The summed E-state index contributed by atoms with van der Waals surface area (Å²) in [4.78, 5) is 14.3. The summed E-state index contributed by atoms with van der Waals surface area (Å²) in [5, 5.41) is 4.08. The summed E-state index contributed by atoms with van der Waals surface area (Å²) in [6.45, 7) is 4.58. The molecule has 18 heavy (non-hydrogen) atoms. The van der Waals surface area contributed by atoms with Crippen molar-refractivity contribution >= 4 is 29.1 Å². The Kier molecular flexibility index (Phi) is 4.49. The molecule has 0 unspecified atom stereocenters. The van der Waals surface area contributed by atoms with Gasteiger partial charge in [-0.3, -0.25) is 4.79 Å². The third-order valence-electron chi connectivity index (χ3n) is 3.09. The SMILES string of the molecule is CCCN(C(=O)c1ccc(Cl)c(Cl)c1)C1CNC1. The Balaban J connectivity index is 2.18. The number of carbonyl (C=O) groups is 1. The quantitative estimate of drug-likeness (QED) is 0.923. The smallest absolute Gasteiger partial charge is 0.254 e. The number of benzene rings is 1. The standard InChI is InChI=1S/C13H16Cl2N2O/c1-2-5-17(10-7-16-8-10)13(18)9-3-4-11(14)12(15)6-9/h3-4,6,10,16H,2,5,7-8H2,1H3. The Bertz CT molecular complexity index is 447. The minimum Gasteiger partial charge on any atom is -0.333 e. The average Bonchev–Trinajstić information content (AvgIpc) is 2.29. The van der Waals surface area contributed by atoms with E-state index in [1.807, 2.05) is 4.90 Å². The van der Waals surface area contributed by atoms with Gasteiger partial charge in [-0.15, -0.1) is 0 Å². The van der Waals surface area contributed by atoms with Crippen LogP contribution >= 0.6 is 23.2 Å². The highest BCUT2D eigenvalue weighted by Crippen LogP contribution is 2.24. The molecular formula is C13H16Cl2N2O. The van der Waals surface area contributed by atoms with Gasteiger partial charge in [0.25, 0.3) is 5.91 Å². The number of carbonyl (C=O) groups excluding carboxylic acids is 1. The van der Waals surface area contributed by atoms with Crippen LogP contribution in [0.3, 0.4) is 0 Å². The Morgan fingerprint density at radius 3 is 2.61 bits per heavy atom. The van der Waals surface area contributed by atoms with Crippen molar-refractivity contribution in [2.45, 2.75) is 19.4 Å². The fourth-order valence-corrected chi connectivity index (χ4v) is 2.28. The summed E-state index contributed by atoms with van der Waals surface area (Å²) in [6.07, 6.45) is 0.948. The van der Waals surface area contributed by atoms with E-state index in [1.54, 1.807) is 18.2 Å². The highest BCUT2D eigenvalue weighted by atomic mass is 35.5. The number of hydrogen-bond donors (Lipinski definition) is 1. The van der Waals surface area contributed by atoms with Crippen molar-refractivity contribution in [2.24, 2.45) is 0 Å². The van der Waals surface area contributed by atoms with Crippen LogP contribution in [0.1, 0.15) is 23.7 Å². The van der Waals surface area contributed by atoms with Crippen molar-refractivity contribution in [2.75, 3.05) is 19.6 Å². The summed E-state index contributed by atoms with van der Waals surface area (Å²) < 4.78 is 0. The molecule has 1 aliphatic rings. The molecule has 1 amide bonds. The minimum absolute atomic E-state index is 0.0296. The third-order valence-corrected chi connectivity index (χ3v) is 3.83. The van der Waals surface area contributed by atoms with Crippen LogP contribution in [-0.2, 0) is 0 Å². The summed E-state index contributed by atoms with van der Waals surface area (Å²) in [5.74, 6) is 0.0296. The maximum absolute atomic E-state index is 12.4. The number of nitrogens with zero attached hydrogens (tertiary/aromatic N) is 1. The van der Waals surface area contributed by atoms with E-state index in [-0.39, 0.29) is 5.91 Å². The van der Waals surface area contributed by atoms with Crippen molar-refractivity contribution in [3.63, 3.8) is 0 Å². The van der Waals surface area contributed by atoms with E-state index in [0.29, 0.717) is 21.7 Å². The molecule has 0 radical (unpaired) electrons. The zero-order chi connectivity index (χ0) is 13.1. The molecule has 5 heteroatoms. The van der Waals surface area contributed by atoms with Gasteiger partial charge in [0.05, 0.1) is 16.1 Å². The molecule has 0 aromatic heterocycles. The largest absolute Gasteiger partial charge is 0.333 e. The van der Waals surface area contributed by atoms with Gasteiger partial charge >= 0.3 is 0 Å². The number of amides is 1. The van der Waals surface area contributed by atoms with Crippen molar-refractivity contribution in [3.8, 4) is 0 Å². The topological polar surface area (TPSA) is 32.3 Å². The first-order valence-electron chi connectivity index (χ1n) is 6.10. The van der Waals surface area contributed by atoms with Crippen LogP contribution in [0.15, 0.2) is 18.2 Å². The maximum Gasteiger partial charge on any atom is 0.254 e. The lowest BCUT2D eigenvalue weighted by molar-refractivity contribution is 0.0616. The van der Waals surface area contributed by atoms with Crippen molar-refractivity contribution in [1.82, 2.24) is 10.2 Å². The normalized spacial score (nSPS) is 15.3. The lowest BCUT2D eigenvalue weighted by Crippen LogP contribution is -2.59. The Morgan fingerprint density at radius 1 is 1.39 bits per heavy atom. The van der Waals surface area contributed by atoms with Gasteiger partial charge in [-0.25, -0.2) is 0 Å². The molecule has 1 saturated heterocycles. The summed E-state index contributed by atoms with van der Waals surface area (Å²) >= 11 is 11.8. The second kappa shape index (κ2) is 5.91. The van der Waals surface area contributed by atoms with Crippen molar-refractivity contribution in [1.29, 1.82) is 0 Å². The van der Waals surface area contributed by atoms with E-state index in [0.717, 1.165) is 26.1 Å². The molecule has 0 atom stereocenters. The lowest BCUT2D eigenvalue weighted by Gasteiger charge is -2.38. The molecule has 1 aromatic rings. The Labute approximate surface area is 117 Å². The first kappa shape index (κ1) is 13.7. The van der Waals surface area contributed by atoms with Gasteiger partial charge < -0.3 is 10.2 Å². The molecule has 0 saturated carbocycles. The van der Waals surface area contributed by atoms with Crippen LogP contribution in [0.2, 0.25) is 10.0 Å². The molecule has 1 aromatic carbocycles. The fourth-order valence-electron chi connectivity index (χ4n) is 1.98. The fraction of sp³-hybridized carbons (Fsp3) is 0.462. The Hall–Kier alpha value is -0.770. The highest BCUT2D eigenvalue weighted by molar-refractivity contribution is 6.42. The molecule has 1 heterocycles. The molecule has 1 N–H and O–H groups in total. The zero-order valence-corrected chi connectivity index (χ0v) is 11.8. The third kappa shape index (κ3) is 2.79. The molecule has 3 nitrogen and oxygen atoms in total. The molecule has 0 bridgehead atoms.